The monoisotopic (exact) mass is 261 g/mol. The molecule has 0 saturated heterocycles. The van der Waals surface area contributed by atoms with E-state index >= 15 is 0 Å². The molecule has 0 saturated carbocycles. The van der Waals surface area contributed by atoms with E-state index in [4.69, 9.17) is 0 Å². The topological polar surface area (TPSA) is 30.0 Å². The average Bonchev–Trinajstić information content (AvgIpc) is 2.48. The molecule has 0 amide bonds. The molecule has 2 aromatic carbocycles. The summed E-state index contributed by atoms with van der Waals surface area (Å²) in [6.07, 6.45) is 2.53. The number of nitrogens with zero attached hydrogens (tertiary/aromatic N) is 1. The highest BCUT2D eigenvalue weighted by molar-refractivity contribution is 5.95. The first-order valence-corrected chi connectivity index (χ1v) is 6.67. The molecule has 2 nitrogen and oxygen atoms in total. The quantitative estimate of drug-likeness (QED) is 0.666. The van der Waals surface area contributed by atoms with Gasteiger partial charge in [0, 0.05) is 23.6 Å². The van der Waals surface area contributed by atoms with E-state index in [1.807, 2.05) is 42.6 Å². The van der Waals surface area contributed by atoms with Crippen molar-refractivity contribution in [1.82, 2.24) is 4.98 Å². The fourth-order valence-electron chi connectivity index (χ4n) is 2.53. The third-order valence-corrected chi connectivity index (χ3v) is 3.49. The smallest absolute Gasteiger partial charge is 0.160 e. The van der Waals surface area contributed by atoms with Crippen molar-refractivity contribution in [3.05, 3.63) is 77.5 Å². The zero-order chi connectivity index (χ0) is 13.9. The molecule has 0 radical (unpaired) electrons. The lowest BCUT2D eigenvalue weighted by Gasteiger charge is -2.09. The molecule has 0 spiro atoms. The number of benzene rings is 2. The van der Waals surface area contributed by atoms with E-state index in [1.165, 1.54) is 0 Å². The van der Waals surface area contributed by atoms with Gasteiger partial charge in [-0.1, -0.05) is 48.5 Å². The molecule has 20 heavy (non-hydrogen) atoms. The van der Waals surface area contributed by atoms with Gasteiger partial charge in [-0.15, -0.1) is 0 Å². The van der Waals surface area contributed by atoms with Gasteiger partial charge in [-0.3, -0.25) is 9.78 Å². The minimum atomic E-state index is 0.105. The summed E-state index contributed by atoms with van der Waals surface area (Å²) in [6.45, 7) is 1.61. The first-order chi connectivity index (χ1) is 9.75. The number of hydrogen-bond donors (Lipinski definition) is 0. The maximum Gasteiger partial charge on any atom is 0.160 e. The molecule has 3 aromatic rings. The summed E-state index contributed by atoms with van der Waals surface area (Å²) < 4.78 is 0. The Kier molecular flexibility index (Phi) is 3.30. The first kappa shape index (κ1) is 12.5. The van der Waals surface area contributed by atoms with Gasteiger partial charge >= 0.3 is 0 Å². The molecule has 0 aliphatic heterocycles. The van der Waals surface area contributed by atoms with Gasteiger partial charge in [0.05, 0.1) is 5.52 Å². The van der Waals surface area contributed by atoms with Gasteiger partial charge in [0.1, 0.15) is 0 Å². The molecule has 0 atom stereocenters. The van der Waals surface area contributed by atoms with Crippen LogP contribution in [-0.2, 0) is 6.42 Å². The van der Waals surface area contributed by atoms with Crippen molar-refractivity contribution in [1.29, 1.82) is 0 Å². The molecule has 0 N–H and O–H groups in total. The van der Waals surface area contributed by atoms with Gasteiger partial charge in [0.25, 0.3) is 0 Å². The van der Waals surface area contributed by atoms with Crippen LogP contribution in [0.4, 0.5) is 0 Å². The molecule has 0 bridgehead atoms. The Balaban J connectivity index is 2.08. The van der Waals surface area contributed by atoms with Crippen LogP contribution >= 0.6 is 0 Å². The standard InChI is InChI=1S/C18H15NO/c1-13(20)17-10-3-2-6-15(17)12-16-8-4-7-14-9-5-11-19-18(14)16/h2-11H,12H2,1H3. The predicted molar refractivity (Wildman–Crippen MR) is 81.0 cm³/mol. The number of aromatic nitrogens is 1. The Hall–Kier alpha value is -2.48. The number of carbonyl (C=O) groups excluding carboxylic acids is 1. The van der Waals surface area contributed by atoms with E-state index in [9.17, 15) is 4.79 Å². The molecule has 3 rings (SSSR count). The highest BCUT2D eigenvalue weighted by Gasteiger charge is 2.09. The van der Waals surface area contributed by atoms with Gasteiger partial charge in [-0.2, -0.15) is 0 Å². The molecule has 0 fully saturated rings. The van der Waals surface area contributed by atoms with Crippen LogP contribution in [0.3, 0.4) is 0 Å². The largest absolute Gasteiger partial charge is 0.295 e. The zero-order valence-corrected chi connectivity index (χ0v) is 11.3. The highest BCUT2D eigenvalue weighted by Crippen LogP contribution is 2.21. The second-order valence-corrected chi connectivity index (χ2v) is 4.88. The SMILES string of the molecule is CC(=O)c1ccccc1Cc1cccc2cccnc12. The van der Waals surface area contributed by atoms with Gasteiger partial charge in [0.15, 0.2) is 5.78 Å². The minimum absolute atomic E-state index is 0.105. The first-order valence-electron chi connectivity index (χ1n) is 6.67. The van der Waals surface area contributed by atoms with E-state index in [-0.39, 0.29) is 5.78 Å². The number of hydrogen-bond acceptors (Lipinski definition) is 2. The number of pyridine rings is 1. The van der Waals surface area contributed by atoms with Gasteiger partial charge in [0.2, 0.25) is 0 Å². The Morgan fingerprint density at radius 2 is 1.70 bits per heavy atom. The van der Waals surface area contributed by atoms with Gasteiger partial charge in [-0.25, -0.2) is 0 Å². The van der Waals surface area contributed by atoms with Crippen molar-refractivity contribution in [3.8, 4) is 0 Å². The predicted octanol–water partition coefficient (Wildman–Crippen LogP) is 4.03. The molecule has 1 heterocycles. The molecule has 1 aromatic heterocycles. The number of Topliss-reactive ketones (excluding diaryl/α,β-unsaturated/α-hetero) is 1. The summed E-state index contributed by atoms with van der Waals surface area (Å²) in [5.74, 6) is 0.105. The molecular formula is C18H15NO. The van der Waals surface area contributed by atoms with E-state index in [0.29, 0.717) is 0 Å². The Morgan fingerprint density at radius 1 is 0.950 bits per heavy atom. The number of fused-ring (bicyclic) bond motifs is 1. The number of ketones is 1. The second-order valence-electron chi connectivity index (χ2n) is 4.88. The van der Waals surface area contributed by atoms with Crippen LogP contribution in [0.15, 0.2) is 60.8 Å². The lowest BCUT2D eigenvalue weighted by atomic mass is 9.96. The van der Waals surface area contributed by atoms with E-state index in [0.717, 1.165) is 34.0 Å². The van der Waals surface area contributed by atoms with Crippen LogP contribution in [0.2, 0.25) is 0 Å². The van der Waals surface area contributed by atoms with Crippen LogP contribution in [0.25, 0.3) is 10.9 Å². The zero-order valence-electron chi connectivity index (χ0n) is 11.3. The van der Waals surface area contributed by atoms with Crippen LogP contribution < -0.4 is 0 Å². The third kappa shape index (κ3) is 2.32. The van der Waals surface area contributed by atoms with Crippen LogP contribution in [0, 0.1) is 0 Å². The Morgan fingerprint density at radius 3 is 2.55 bits per heavy atom. The van der Waals surface area contributed by atoms with Crippen LogP contribution in [0.5, 0.6) is 0 Å². The maximum atomic E-state index is 11.7. The lowest BCUT2D eigenvalue weighted by molar-refractivity contribution is 0.101. The third-order valence-electron chi connectivity index (χ3n) is 3.49. The fourth-order valence-corrected chi connectivity index (χ4v) is 2.53. The fraction of sp³-hybridized carbons (Fsp3) is 0.111. The molecule has 0 aliphatic carbocycles. The molecular weight excluding hydrogens is 246 g/mol. The second kappa shape index (κ2) is 5.25. The lowest BCUT2D eigenvalue weighted by Crippen LogP contribution is -2.01. The van der Waals surface area contributed by atoms with E-state index < -0.39 is 0 Å². The summed E-state index contributed by atoms with van der Waals surface area (Å²) in [5.41, 5.74) is 4.00. The van der Waals surface area contributed by atoms with Crippen molar-refractivity contribution in [3.63, 3.8) is 0 Å². The summed E-state index contributed by atoms with van der Waals surface area (Å²) in [6, 6.07) is 17.9. The van der Waals surface area contributed by atoms with Crippen molar-refractivity contribution in [2.75, 3.05) is 0 Å². The van der Waals surface area contributed by atoms with Crippen molar-refractivity contribution < 1.29 is 4.79 Å². The summed E-state index contributed by atoms with van der Waals surface area (Å²) in [5, 5.41) is 1.13. The van der Waals surface area contributed by atoms with Crippen molar-refractivity contribution in [2.45, 2.75) is 13.3 Å². The average molecular weight is 261 g/mol. The molecule has 98 valence electrons. The summed E-state index contributed by atoms with van der Waals surface area (Å²) >= 11 is 0. The Bertz CT molecular complexity index is 772. The molecule has 0 unspecified atom stereocenters. The summed E-state index contributed by atoms with van der Waals surface area (Å²) in [4.78, 5) is 16.2. The van der Waals surface area contributed by atoms with Crippen LogP contribution in [-0.4, -0.2) is 10.8 Å². The highest BCUT2D eigenvalue weighted by atomic mass is 16.1. The maximum absolute atomic E-state index is 11.7. The molecule has 0 aliphatic rings. The van der Waals surface area contributed by atoms with Gasteiger partial charge in [-0.05, 0) is 24.1 Å². The Labute approximate surface area is 118 Å². The summed E-state index contributed by atoms with van der Waals surface area (Å²) in [7, 11) is 0. The van der Waals surface area contributed by atoms with Crippen molar-refractivity contribution in [2.24, 2.45) is 0 Å². The van der Waals surface area contributed by atoms with E-state index in [1.54, 1.807) is 6.92 Å². The number of rotatable bonds is 3. The normalized spacial score (nSPS) is 10.7. The number of carbonyl (C=O) groups is 1. The van der Waals surface area contributed by atoms with Crippen LogP contribution in [0.1, 0.15) is 28.4 Å². The number of para-hydroxylation sites is 1. The van der Waals surface area contributed by atoms with E-state index in [2.05, 4.69) is 23.2 Å². The minimum Gasteiger partial charge on any atom is -0.295 e. The molecule has 2 heteroatoms. The van der Waals surface area contributed by atoms with Gasteiger partial charge < -0.3 is 0 Å². The van der Waals surface area contributed by atoms with Crippen molar-refractivity contribution >= 4 is 16.7 Å².